The smallest absolute Gasteiger partial charge is 0.257 e. The largest absolute Gasteiger partial charge is 0.497 e. The molecule has 1 N–H and O–H groups in total. The van der Waals surface area contributed by atoms with Gasteiger partial charge < -0.3 is 9.26 Å². The second-order valence-electron chi connectivity index (χ2n) is 4.77. The van der Waals surface area contributed by atoms with Gasteiger partial charge in [-0.15, -0.1) is 0 Å². The van der Waals surface area contributed by atoms with E-state index in [1.807, 2.05) is 4.72 Å². The van der Waals surface area contributed by atoms with Crippen LogP contribution in [0.3, 0.4) is 0 Å². The number of hydrogen-bond acceptors (Lipinski definition) is 6. The first-order valence-corrected chi connectivity index (χ1v) is 8.31. The van der Waals surface area contributed by atoms with Crippen LogP contribution in [0.25, 0.3) is 5.57 Å². The van der Waals surface area contributed by atoms with Gasteiger partial charge in [-0.3, -0.25) is 4.79 Å². The average Bonchev–Trinajstić information content (AvgIpc) is 2.98. The molecule has 0 unspecified atom stereocenters. The molecule has 0 aliphatic heterocycles. The third-order valence-corrected chi connectivity index (χ3v) is 4.17. The van der Waals surface area contributed by atoms with E-state index < -0.39 is 21.7 Å². The first kappa shape index (κ1) is 16.8. The molecule has 2 rings (SSSR count). The molecule has 0 aliphatic rings. The molecule has 0 fully saturated rings. The molecule has 0 spiro atoms. The number of benzene rings is 1. The SMILES string of the molecule is COc1ccc(C(C)=CC(=O)NS(=O)(=O)Cc2ccon2)cc1. The minimum Gasteiger partial charge on any atom is -0.497 e. The number of carbonyl (C=O) groups is 1. The molecule has 0 aliphatic carbocycles. The fraction of sp³-hybridized carbons (Fsp3) is 0.200. The van der Waals surface area contributed by atoms with E-state index in [4.69, 9.17) is 4.74 Å². The van der Waals surface area contributed by atoms with Crippen LogP contribution in [-0.4, -0.2) is 26.6 Å². The van der Waals surface area contributed by atoms with Crippen molar-refractivity contribution in [2.75, 3.05) is 7.11 Å². The van der Waals surface area contributed by atoms with E-state index >= 15 is 0 Å². The van der Waals surface area contributed by atoms with E-state index in [2.05, 4.69) is 9.68 Å². The topological polar surface area (TPSA) is 98.5 Å². The summed E-state index contributed by atoms with van der Waals surface area (Å²) in [6.45, 7) is 1.71. The van der Waals surface area contributed by atoms with E-state index in [0.29, 0.717) is 11.3 Å². The molecule has 2 aromatic rings. The third-order valence-electron chi connectivity index (χ3n) is 2.98. The quantitative estimate of drug-likeness (QED) is 0.807. The van der Waals surface area contributed by atoms with Gasteiger partial charge in [0.1, 0.15) is 23.5 Å². The van der Waals surface area contributed by atoms with E-state index in [1.54, 1.807) is 38.3 Å². The van der Waals surface area contributed by atoms with Gasteiger partial charge >= 0.3 is 0 Å². The number of hydrogen-bond donors (Lipinski definition) is 1. The van der Waals surface area contributed by atoms with Crippen molar-refractivity contribution in [3.8, 4) is 5.75 Å². The predicted octanol–water partition coefficient (Wildman–Crippen LogP) is 1.73. The molecular formula is C15H16N2O5S. The van der Waals surface area contributed by atoms with E-state index in [-0.39, 0.29) is 5.69 Å². The summed E-state index contributed by atoms with van der Waals surface area (Å²) >= 11 is 0. The number of rotatable bonds is 6. The van der Waals surface area contributed by atoms with Gasteiger partial charge in [0.25, 0.3) is 5.91 Å². The van der Waals surface area contributed by atoms with Gasteiger partial charge in [0.2, 0.25) is 10.0 Å². The molecule has 1 amide bonds. The minimum absolute atomic E-state index is 0.223. The first-order valence-electron chi connectivity index (χ1n) is 6.66. The van der Waals surface area contributed by atoms with Gasteiger partial charge in [-0.25, -0.2) is 13.1 Å². The van der Waals surface area contributed by atoms with Crippen LogP contribution in [-0.2, 0) is 20.6 Å². The second-order valence-corrected chi connectivity index (χ2v) is 6.49. The summed E-state index contributed by atoms with van der Waals surface area (Å²) in [5.41, 5.74) is 1.64. The number of nitrogens with zero attached hydrogens (tertiary/aromatic N) is 1. The lowest BCUT2D eigenvalue weighted by Crippen LogP contribution is -2.30. The summed E-state index contributed by atoms with van der Waals surface area (Å²) in [5.74, 6) is -0.451. The first-order chi connectivity index (χ1) is 10.9. The lowest BCUT2D eigenvalue weighted by atomic mass is 10.1. The lowest BCUT2D eigenvalue weighted by molar-refractivity contribution is -0.114. The van der Waals surface area contributed by atoms with Crippen molar-refractivity contribution >= 4 is 21.5 Å². The molecule has 0 bridgehead atoms. The maximum atomic E-state index is 11.9. The highest BCUT2D eigenvalue weighted by Gasteiger charge is 2.16. The minimum atomic E-state index is -3.83. The molecule has 1 aromatic heterocycles. The summed E-state index contributed by atoms with van der Waals surface area (Å²) in [4.78, 5) is 11.9. The van der Waals surface area contributed by atoms with E-state index in [1.165, 1.54) is 18.4 Å². The van der Waals surface area contributed by atoms with Gasteiger partial charge in [-0.2, -0.15) is 0 Å². The molecule has 0 saturated carbocycles. The molecular weight excluding hydrogens is 320 g/mol. The Labute approximate surface area is 134 Å². The van der Waals surface area contributed by atoms with Gasteiger partial charge in [-0.05, 0) is 30.2 Å². The highest BCUT2D eigenvalue weighted by atomic mass is 32.2. The van der Waals surface area contributed by atoms with Crippen LogP contribution in [0.15, 0.2) is 47.2 Å². The Morgan fingerprint density at radius 3 is 2.57 bits per heavy atom. The van der Waals surface area contributed by atoms with E-state index in [0.717, 1.165) is 5.56 Å². The maximum Gasteiger partial charge on any atom is 0.257 e. The Morgan fingerprint density at radius 1 is 1.30 bits per heavy atom. The number of sulfonamides is 1. The highest BCUT2D eigenvalue weighted by molar-refractivity contribution is 7.89. The Balaban J connectivity index is 2.04. The summed E-state index contributed by atoms with van der Waals surface area (Å²) < 4.78 is 35.3. The number of ether oxygens (including phenoxy) is 1. The van der Waals surface area contributed by atoms with Crippen molar-refractivity contribution in [3.05, 3.63) is 53.9 Å². The van der Waals surface area contributed by atoms with Gasteiger partial charge in [0.15, 0.2) is 0 Å². The van der Waals surface area contributed by atoms with Crippen molar-refractivity contribution in [1.29, 1.82) is 0 Å². The van der Waals surface area contributed by atoms with E-state index in [9.17, 15) is 13.2 Å². The highest BCUT2D eigenvalue weighted by Crippen LogP contribution is 2.18. The Morgan fingerprint density at radius 2 is 2.00 bits per heavy atom. The molecule has 1 aromatic carbocycles. The lowest BCUT2D eigenvalue weighted by Gasteiger charge is -2.05. The number of allylic oxidation sites excluding steroid dienone is 1. The van der Waals surface area contributed by atoms with Crippen molar-refractivity contribution in [2.45, 2.75) is 12.7 Å². The van der Waals surface area contributed by atoms with Crippen molar-refractivity contribution in [3.63, 3.8) is 0 Å². The zero-order valence-corrected chi connectivity index (χ0v) is 13.5. The Bertz CT molecular complexity index is 793. The van der Waals surface area contributed by atoms with Gasteiger partial charge in [0.05, 0.1) is 7.11 Å². The fourth-order valence-corrected chi connectivity index (χ4v) is 2.84. The number of carbonyl (C=O) groups excluding carboxylic acids is 1. The second kappa shape index (κ2) is 7.10. The molecule has 1 heterocycles. The maximum absolute atomic E-state index is 11.9. The molecule has 7 nitrogen and oxygen atoms in total. The van der Waals surface area contributed by atoms with Crippen LogP contribution in [0.4, 0.5) is 0 Å². The monoisotopic (exact) mass is 336 g/mol. The average molecular weight is 336 g/mol. The normalized spacial score (nSPS) is 12.0. The van der Waals surface area contributed by atoms with Crippen LogP contribution >= 0.6 is 0 Å². The molecule has 23 heavy (non-hydrogen) atoms. The zero-order chi connectivity index (χ0) is 16.9. The van der Waals surface area contributed by atoms with Crippen molar-refractivity contribution < 1.29 is 22.5 Å². The van der Waals surface area contributed by atoms with Crippen molar-refractivity contribution in [1.82, 2.24) is 9.88 Å². The Kier molecular flexibility index (Phi) is 5.17. The van der Waals surface area contributed by atoms with Gasteiger partial charge in [-0.1, -0.05) is 17.3 Å². The molecule has 8 heteroatoms. The zero-order valence-electron chi connectivity index (χ0n) is 12.6. The number of methoxy groups -OCH3 is 1. The van der Waals surface area contributed by atoms with Crippen LogP contribution in [0, 0.1) is 0 Å². The third kappa shape index (κ3) is 4.96. The molecule has 0 atom stereocenters. The number of nitrogens with one attached hydrogen (secondary N) is 1. The van der Waals surface area contributed by atoms with Crippen LogP contribution in [0.2, 0.25) is 0 Å². The summed E-state index contributed by atoms with van der Waals surface area (Å²) in [7, 11) is -2.27. The molecule has 122 valence electrons. The molecule has 0 saturated heterocycles. The summed E-state index contributed by atoms with van der Waals surface area (Å²) in [5, 5.41) is 3.50. The summed E-state index contributed by atoms with van der Waals surface area (Å²) in [6, 6.07) is 8.49. The summed E-state index contributed by atoms with van der Waals surface area (Å²) in [6.07, 6.45) is 2.49. The van der Waals surface area contributed by atoms with Crippen LogP contribution in [0.1, 0.15) is 18.2 Å². The number of aromatic nitrogens is 1. The standard InChI is InChI=1S/C15H16N2O5S/c1-11(12-3-5-14(21-2)6-4-12)9-15(18)17-23(19,20)10-13-7-8-22-16-13/h3-9H,10H2,1-2H3,(H,17,18). The van der Waals surface area contributed by atoms with Crippen molar-refractivity contribution in [2.24, 2.45) is 0 Å². The fourth-order valence-electron chi connectivity index (χ4n) is 1.86. The van der Waals surface area contributed by atoms with Crippen LogP contribution < -0.4 is 9.46 Å². The molecule has 0 radical (unpaired) electrons. The Hall–Kier alpha value is -2.61. The van der Waals surface area contributed by atoms with Gasteiger partial charge in [0, 0.05) is 12.1 Å². The van der Waals surface area contributed by atoms with Crippen LogP contribution in [0.5, 0.6) is 5.75 Å². The predicted molar refractivity (Wildman–Crippen MR) is 83.9 cm³/mol. The number of amides is 1.